The lowest BCUT2D eigenvalue weighted by molar-refractivity contribution is 0.335. The molecule has 0 radical (unpaired) electrons. The summed E-state index contributed by atoms with van der Waals surface area (Å²) in [5.41, 5.74) is 3.70. The molecular weight excluding hydrogens is 454 g/mol. The van der Waals surface area contributed by atoms with E-state index in [9.17, 15) is 4.79 Å². The molecule has 0 spiro atoms. The van der Waals surface area contributed by atoms with Crippen molar-refractivity contribution in [2.75, 3.05) is 6.61 Å². The molecule has 31 heavy (non-hydrogen) atoms. The molecule has 0 saturated carbocycles. The minimum Gasteiger partial charge on any atom is -0.494 e. The first-order valence-corrected chi connectivity index (χ1v) is 11.7. The number of halogens is 1. The predicted molar refractivity (Wildman–Crippen MR) is 132 cm³/mol. The lowest BCUT2D eigenvalue weighted by atomic mass is 9.97. The maximum absolute atomic E-state index is 13.3. The lowest BCUT2D eigenvalue weighted by Gasteiger charge is -2.16. The number of unbranched alkanes of at least 4 members (excludes halogenated alkanes) is 1. The molecule has 0 fully saturated rings. The summed E-state index contributed by atoms with van der Waals surface area (Å²) in [5.74, 6) is 1.91. The van der Waals surface area contributed by atoms with Crippen molar-refractivity contribution < 1.29 is 4.74 Å². The summed E-state index contributed by atoms with van der Waals surface area (Å²) >= 11 is 3.45. The number of rotatable bonds is 8. The van der Waals surface area contributed by atoms with Gasteiger partial charge in [-0.15, -0.1) is 0 Å². The minimum absolute atomic E-state index is 0.152. The highest BCUT2D eigenvalue weighted by Gasteiger charge is 2.13. The highest BCUT2D eigenvalue weighted by atomic mass is 79.9. The van der Waals surface area contributed by atoms with E-state index in [1.807, 2.05) is 26.0 Å². The Hall–Kier alpha value is -2.47. The second-order valence-corrected chi connectivity index (χ2v) is 8.90. The average Bonchev–Trinajstić information content (AvgIpc) is 2.73. The van der Waals surface area contributed by atoms with Crippen LogP contribution in [0.3, 0.4) is 0 Å². The van der Waals surface area contributed by atoms with Gasteiger partial charge in [0.2, 0.25) is 0 Å². The molecule has 164 valence electrons. The van der Waals surface area contributed by atoms with Crippen LogP contribution in [0.15, 0.2) is 44.7 Å². The number of ether oxygens (including phenoxy) is 1. The Morgan fingerprint density at radius 2 is 2.00 bits per heavy atom. The highest BCUT2D eigenvalue weighted by molar-refractivity contribution is 9.10. The van der Waals surface area contributed by atoms with Crippen LogP contribution in [-0.4, -0.2) is 22.5 Å². The molecule has 2 aromatic carbocycles. The fourth-order valence-corrected chi connectivity index (χ4v) is 3.88. The van der Waals surface area contributed by atoms with Crippen LogP contribution in [-0.2, 0) is 6.42 Å². The lowest BCUT2D eigenvalue weighted by Crippen LogP contribution is -2.22. The van der Waals surface area contributed by atoms with E-state index in [4.69, 9.17) is 9.72 Å². The molecule has 0 saturated heterocycles. The SMILES string of the molecule is CCCCc1nc2ccc(Br)cc2c(=O)n1N=Cc1cc(C(C)C)c(OCC)cc1C. The number of hydrogen-bond donors (Lipinski definition) is 0. The normalized spacial score (nSPS) is 11.7. The van der Waals surface area contributed by atoms with Gasteiger partial charge >= 0.3 is 0 Å². The number of benzene rings is 2. The molecule has 3 aromatic rings. The van der Waals surface area contributed by atoms with Crippen molar-refractivity contribution in [3.8, 4) is 5.75 Å². The maximum Gasteiger partial charge on any atom is 0.282 e. The maximum atomic E-state index is 13.3. The van der Waals surface area contributed by atoms with E-state index in [-0.39, 0.29) is 5.56 Å². The molecule has 0 bridgehead atoms. The molecular formula is C25H30BrN3O2. The van der Waals surface area contributed by atoms with E-state index < -0.39 is 0 Å². The molecule has 1 heterocycles. The number of aryl methyl sites for hydroxylation is 2. The molecule has 6 heteroatoms. The van der Waals surface area contributed by atoms with Gasteiger partial charge in [-0.2, -0.15) is 9.78 Å². The Morgan fingerprint density at radius 3 is 2.68 bits per heavy atom. The summed E-state index contributed by atoms with van der Waals surface area (Å²) in [6.45, 7) is 11.1. The van der Waals surface area contributed by atoms with Gasteiger partial charge in [-0.05, 0) is 73.2 Å². The molecule has 5 nitrogen and oxygen atoms in total. The van der Waals surface area contributed by atoms with Crippen LogP contribution in [0, 0.1) is 6.92 Å². The Balaban J connectivity index is 2.12. The third-order valence-electron chi connectivity index (χ3n) is 5.26. The molecule has 0 aliphatic rings. The van der Waals surface area contributed by atoms with E-state index in [0.29, 0.717) is 35.7 Å². The van der Waals surface area contributed by atoms with Gasteiger partial charge in [0, 0.05) is 10.9 Å². The molecule has 3 rings (SSSR count). The monoisotopic (exact) mass is 483 g/mol. The standard InChI is InChI=1S/C25H30BrN3O2/c1-6-8-9-24-28-22-11-10-19(26)14-21(22)25(30)29(24)27-15-18-13-20(16(3)4)23(31-7-2)12-17(18)5/h10-16H,6-9H2,1-5H3. The third-order valence-corrected chi connectivity index (χ3v) is 5.76. The van der Waals surface area contributed by atoms with Crippen LogP contribution >= 0.6 is 15.9 Å². The second-order valence-electron chi connectivity index (χ2n) is 7.99. The van der Waals surface area contributed by atoms with Crippen molar-refractivity contribution in [1.29, 1.82) is 0 Å². The number of nitrogens with zero attached hydrogens (tertiary/aromatic N) is 3. The van der Waals surface area contributed by atoms with Crippen LogP contribution in [0.5, 0.6) is 5.75 Å². The van der Waals surface area contributed by atoms with Gasteiger partial charge in [0.15, 0.2) is 0 Å². The summed E-state index contributed by atoms with van der Waals surface area (Å²) in [6, 6.07) is 9.74. The first-order chi connectivity index (χ1) is 14.8. The van der Waals surface area contributed by atoms with Crippen molar-refractivity contribution in [3.05, 3.63) is 67.7 Å². The first kappa shape index (κ1) is 23.2. The molecule has 0 unspecified atom stereocenters. The Bertz CT molecular complexity index is 1170. The summed E-state index contributed by atoms with van der Waals surface area (Å²) < 4.78 is 8.13. The fourth-order valence-electron chi connectivity index (χ4n) is 3.52. The third kappa shape index (κ3) is 5.24. The van der Waals surface area contributed by atoms with E-state index in [2.05, 4.69) is 53.9 Å². The Labute approximate surface area is 192 Å². The van der Waals surface area contributed by atoms with Gasteiger partial charge in [-0.25, -0.2) is 4.98 Å². The number of aromatic nitrogens is 2. The number of hydrogen-bond acceptors (Lipinski definition) is 4. The van der Waals surface area contributed by atoms with Crippen LogP contribution in [0.4, 0.5) is 0 Å². The van der Waals surface area contributed by atoms with Gasteiger partial charge < -0.3 is 4.74 Å². The van der Waals surface area contributed by atoms with Crippen molar-refractivity contribution in [3.63, 3.8) is 0 Å². The van der Waals surface area contributed by atoms with Gasteiger partial charge in [-0.3, -0.25) is 4.79 Å². The van der Waals surface area contributed by atoms with E-state index in [1.165, 1.54) is 4.68 Å². The minimum atomic E-state index is -0.152. The zero-order valence-electron chi connectivity index (χ0n) is 18.9. The molecule has 0 amide bonds. The van der Waals surface area contributed by atoms with Gasteiger partial charge in [-0.1, -0.05) is 43.1 Å². The topological polar surface area (TPSA) is 56.5 Å². The van der Waals surface area contributed by atoms with E-state index in [1.54, 1.807) is 12.3 Å². The van der Waals surface area contributed by atoms with E-state index in [0.717, 1.165) is 39.8 Å². The second kappa shape index (κ2) is 10.2. The highest BCUT2D eigenvalue weighted by Crippen LogP contribution is 2.29. The molecule has 0 N–H and O–H groups in total. The van der Waals surface area contributed by atoms with Gasteiger partial charge in [0.1, 0.15) is 11.6 Å². The van der Waals surface area contributed by atoms with Crippen molar-refractivity contribution >= 4 is 33.0 Å². The van der Waals surface area contributed by atoms with Crippen molar-refractivity contribution in [2.24, 2.45) is 5.10 Å². The summed E-state index contributed by atoms with van der Waals surface area (Å²) in [5, 5.41) is 5.16. The van der Waals surface area contributed by atoms with Crippen molar-refractivity contribution in [2.45, 2.75) is 59.8 Å². The van der Waals surface area contributed by atoms with Crippen LogP contribution in [0.25, 0.3) is 10.9 Å². The molecule has 0 aliphatic heterocycles. The molecule has 1 aromatic heterocycles. The van der Waals surface area contributed by atoms with E-state index >= 15 is 0 Å². The fraction of sp³-hybridized carbons (Fsp3) is 0.400. The van der Waals surface area contributed by atoms with Gasteiger partial charge in [0.05, 0.1) is 23.7 Å². The number of fused-ring (bicyclic) bond motifs is 1. The first-order valence-electron chi connectivity index (χ1n) is 10.9. The molecule has 0 aliphatic carbocycles. The average molecular weight is 484 g/mol. The largest absolute Gasteiger partial charge is 0.494 e. The quantitative estimate of drug-likeness (QED) is 0.357. The van der Waals surface area contributed by atoms with Crippen molar-refractivity contribution in [1.82, 2.24) is 9.66 Å². The zero-order valence-corrected chi connectivity index (χ0v) is 20.5. The van der Waals surface area contributed by atoms with Crippen LogP contribution in [0.1, 0.15) is 69.0 Å². The summed E-state index contributed by atoms with van der Waals surface area (Å²) in [7, 11) is 0. The molecule has 0 atom stereocenters. The zero-order chi connectivity index (χ0) is 22.5. The summed E-state index contributed by atoms with van der Waals surface area (Å²) in [6.07, 6.45) is 4.44. The Kier molecular flexibility index (Phi) is 7.65. The predicted octanol–water partition coefficient (Wildman–Crippen LogP) is 6.21. The summed E-state index contributed by atoms with van der Waals surface area (Å²) in [4.78, 5) is 18.0. The van der Waals surface area contributed by atoms with Crippen LogP contribution in [0.2, 0.25) is 0 Å². The van der Waals surface area contributed by atoms with Crippen LogP contribution < -0.4 is 10.3 Å². The van der Waals surface area contributed by atoms with Gasteiger partial charge in [0.25, 0.3) is 5.56 Å². The smallest absolute Gasteiger partial charge is 0.282 e. The Morgan fingerprint density at radius 1 is 1.23 bits per heavy atom.